The molecule has 2 aromatic rings. The summed E-state index contributed by atoms with van der Waals surface area (Å²) >= 11 is 0. The van der Waals surface area contributed by atoms with Gasteiger partial charge in [-0.3, -0.25) is 0 Å². The Morgan fingerprint density at radius 3 is 2.23 bits per heavy atom. The SMILES string of the molecule is CCOc1ccc(COc2ccc(C3CCC(C4C=CC(C=C(F)F)CC4)CC3)cc2)c(F)c1F. The van der Waals surface area contributed by atoms with Crippen molar-refractivity contribution in [2.24, 2.45) is 17.8 Å². The van der Waals surface area contributed by atoms with Gasteiger partial charge >= 0.3 is 0 Å². The van der Waals surface area contributed by atoms with Gasteiger partial charge in [0.15, 0.2) is 11.6 Å². The molecule has 0 N–H and O–H groups in total. The molecular weight excluding hydrogens is 456 g/mol. The molecule has 0 amide bonds. The van der Waals surface area contributed by atoms with Gasteiger partial charge in [-0.2, -0.15) is 13.2 Å². The Kier molecular flexibility index (Phi) is 8.53. The summed E-state index contributed by atoms with van der Waals surface area (Å²) < 4.78 is 64.0. The van der Waals surface area contributed by atoms with Crippen LogP contribution < -0.4 is 9.47 Å². The predicted molar refractivity (Wildman–Crippen MR) is 129 cm³/mol. The first-order valence-corrected chi connectivity index (χ1v) is 12.5. The highest BCUT2D eigenvalue weighted by Gasteiger charge is 2.29. The van der Waals surface area contributed by atoms with Crippen molar-refractivity contribution in [2.75, 3.05) is 6.61 Å². The van der Waals surface area contributed by atoms with Crippen LogP contribution in [0.2, 0.25) is 0 Å². The van der Waals surface area contributed by atoms with Gasteiger partial charge in [-0.25, -0.2) is 4.39 Å². The molecule has 35 heavy (non-hydrogen) atoms. The number of halogens is 4. The number of allylic oxidation sites excluding steroid dienone is 3. The maximum absolute atomic E-state index is 14.3. The summed E-state index contributed by atoms with van der Waals surface area (Å²) in [7, 11) is 0. The van der Waals surface area contributed by atoms with Crippen LogP contribution in [-0.4, -0.2) is 6.61 Å². The predicted octanol–water partition coefficient (Wildman–Crippen LogP) is 8.58. The van der Waals surface area contributed by atoms with Crippen molar-refractivity contribution in [1.82, 2.24) is 0 Å². The second kappa shape index (κ2) is 11.8. The van der Waals surface area contributed by atoms with E-state index < -0.39 is 17.7 Å². The molecule has 0 radical (unpaired) electrons. The normalized spacial score (nSPS) is 24.1. The van der Waals surface area contributed by atoms with Gasteiger partial charge in [-0.05, 0) is 99.1 Å². The molecule has 2 aliphatic rings. The summed E-state index contributed by atoms with van der Waals surface area (Å²) in [5.41, 5.74) is 1.40. The van der Waals surface area contributed by atoms with Crippen LogP contribution in [0.15, 0.2) is 60.7 Å². The lowest BCUT2D eigenvalue weighted by molar-refractivity contribution is 0.244. The summed E-state index contributed by atoms with van der Waals surface area (Å²) in [4.78, 5) is 0. The van der Waals surface area contributed by atoms with E-state index in [-0.39, 0.29) is 30.4 Å². The van der Waals surface area contributed by atoms with Gasteiger partial charge in [0, 0.05) is 11.5 Å². The minimum Gasteiger partial charge on any atom is -0.491 e. The quantitative estimate of drug-likeness (QED) is 0.274. The molecule has 2 aliphatic carbocycles. The molecule has 4 rings (SSSR count). The molecule has 0 saturated heterocycles. The van der Waals surface area contributed by atoms with Crippen molar-refractivity contribution >= 4 is 0 Å². The lowest BCUT2D eigenvalue weighted by Gasteiger charge is -2.35. The van der Waals surface area contributed by atoms with Crippen LogP contribution in [0, 0.1) is 29.4 Å². The highest BCUT2D eigenvalue weighted by Crippen LogP contribution is 2.42. The van der Waals surface area contributed by atoms with Gasteiger partial charge in [0.2, 0.25) is 5.82 Å². The molecule has 0 bridgehead atoms. The molecule has 0 aliphatic heterocycles. The Bertz CT molecular complexity index is 1040. The number of rotatable bonds is 8. The van der Waals surface area contributed by atoms with Crippen LogP contribution in [0.3, 0.4) is 0 Å². The third-order valence-corrected chi connectivity index (χ3v) is 7.33. The topological polar surface area (TPSA) is 18.5 Å². The van der Waals surface area contributed by atoms with Gasteiger partial charge in [-0.1, -0.05) is 24.3 Å². The van der Waals surface area contributed by atoms with Crippen LogP contribution in [0.5, 0.6) is 11.5 Å². The average Bonchev–Trinajstić information content (AvgIpc) is 2.87. The monoisotopic (exact) mass is 488 g/mol. The zero-order valence-electron chi connectivity index (χ0n) is 20.0. The Morgan fingerprint density at radius 2 is 1.60 bits per heavy atom. The standard InChI is InChI=1S/C29H32F4O2/c1-2-34-26-16-13-24(28(32)29(26)33)18-35-25-14-11-23(12-15-25)22-9-7-21(8-10-22)20-5-3-19(4-6-20)17-27(30)31/h3,5,11-17,19-22H,2,4,6-10,18H2,1H3. The van der Waals surface area contributed by atoms with E-state index in [0.717, 1.165) is 44.6 Å². The molecule has 6 heteroatoms. The van der Waals surface area contributed by atoms with E-state index >= 15 is 0 Å². The largest absolute Gasteiger partial charge is 0.491 e. The number of benzene rings is 2. The van der Waals surface area contributed by atoms with E-state index in [9.17, 15) is 17.6 Å². The van der Waals surface area contributed by atoms with E-state index in [1.54, 1.807) is 6.92 Å². The van der Waals surface area contributed by atoms with Gasteiger partial charge in [0.1, 0.15) is 12.4 Å². The molecule has 0 heterocycles. The third kappa shape index (κ3) is 6.47. The minimum atomic E-state index is -1.59. The summed E-state index contributed by atoms with van der Waals surface area (Å²) in [5, 5.41) is 0. The molecule has 2 unspecified atom stereocenters. The van der Waals surface area contributed by atoms with Crippen LogP contribution in [0.1, 0.15) is 62.5 Å². The van der Waals surface area contributed by atoms with E-state index in [1.807, 2.05) is 18.2 Å². The molecule has 0 spiro atoms. The number of hydrogen-bond donors (Lipinski definition) is 0. The first kappa shape index (κ1) is 25.3. The van der Waals surface area contributed by atoms with Crippen molar-refractivity contribution in [3.8, 4) is 11.5 Å². The van der Waals surface area contributed by atoms with E-state index in [1.165, 1.54) is 17.7 Å². The molecule has 2 aromatic carbocycles. The van der Waals surface area contributed by atoms with Crippen LogP contribution in [0.4, 0.5) is 17.6 Å². The molecule has 1 saturated carbocycles. The van der Waals surface area contributed by atoms with Gasteiger partial charge in [0.25, 0.3) is 6.08 Å². The number of hydrogen-bond acceptors (Lipinski definition) is 2. The Morgan fingerprint density at radius 1 is 0.857 bits per heavy atom. The van der Waals surface area contributed by atoms with Gasteiger partial charge in [-0.15, -0.1) is 0 Å². The molecule has 2 atom stereocenters. The Hall–Kier alpha value is -2.76. The summed E-state index contributed by atoms with van der Waals surface area (Å²) in [5.74, 6) is 0.0472. The number of ether oxygens (including phenoxy) is 2. The van der Waals surface area contributed by atoms with E-state index in [2.05, 4.69) is 18.2 Å². The zero-order valence-corrected chi connectivity index (χ0v) is 20.0. The first-order valence-electron chi connectivity index (χ1n) is 12.5. The molecule has 188 valence electrons. The minimum absolute atomic E-state index is 0.0663. The lowest BCUT2D eigenvalue weighted by atomic mass is 9.71. The molecule has 2 nitrogen and oxygen atoms in total. The molecule has 1 fully saturated rings. The first-order chi connectivity index (χ1) is 16.9. The van der Waals surface area contributed by atoms with E-state index in [4.69, 9.17) is 9.47 Å². The highest BCUT2D eigenvalue weighted by molar-refractivity contribution is 5.33. The van der Waals surface area contributed by atoms with E-state index in [0.29, 0.717) is 23.5 Å². The second-order valence-electron chi connectivity index (χ2n) is 9.50. The maximum atomic E-state index is 14.3. The highest BCUT2D eigenvalue weighted by atomic mass is 19.3. The summed E-state index contributed by atoms with van der Waals surface area (Å²) in [6.07, 6.45) is 9.84. The average molecular weight is 489 g/mol. The zero-order chi connectivity index (χ0) is 24.8. The molecule has 0 aromatic heterocycles. The van der Waals surface area contributed by atoms with Crippen molar-refractivity contribution in [3.05, 3.63) is 83.5 Å². The van der Waals surface area contributed by atoms with Crippen LogP contribution in [0.25, 0.3) is 0 Å². The fourth-order valence-corrected chi connectivity index (χ4v) is 5.38. The van der Waals surface area contributed by atoms with Crippen LogP contribution in [-0.2, 0) is 6.61 Å². The lowest BCUT2D eigenvalue weighted by Crippen LogP contribution is -2.22. The fraction of sp³-hybridized carbons (Fsp3) is 0.448. The van der Waals surface area contributed by atoms with Crippen LogP contribution >= 0.6 is 0 Å². The smallest absolute Gasteiger partial charge is 0.266 e. The third-order valence-electron chi connectivity index (χ3n) is 7.33. The summed E-state index contributed by atoms with van der Waals surface area (Å²) in [6, 6.07) is 10.8. The van der Waals surface area contributed by atoms with Crippen molar-refractivity contribution in [2.45, 2.75) is 58.0 Å². The van der Waals surface area contributed by atoms with Gasteiger partial charge < -0.3 is 9.47 Å². The van der Waals surface area contributed by atoms with Crippen molar-refractivity contribution < 1.29 is 27.0 Å². The fourth-order valence-electron chi connectivity index (χ4n) is 5.38. The molecular formula is C29H32F4O2. The summed E-state index contributed by atoms with van der Waals surface area (Å²) in [6.45, 7) is 1.91. The van der Waals surface area contributed by atoms with Gasteiger partial charge in [0.05, 0.1) is 6.61 Å². The Balaban J connectivity index is 1.27. The maximum Gasteiger partial charge on any atom is 0.266 e. The second-order valence-corrected chi connectivity index (χ2v) is 9.50. The van der Waals surface area contributed by atoms with Crippen molar-refractivity contribution in [3.63, 3.8) is 0 Å². The van der Waals surface area contributed by atoms with Crippen molar-refractivity contribution in [1.29, 1.82) is 0 Å². The Labute approximate surface area is 204 Å².